The highest BCUT2D eigenvalue weighted by Gasteiger charge is 2.21. The van der Waals surface area contributed by atoms with Crippen LogP contribution in [0.5, 0.6) is 11.5 Å². The highest BCUT2D eigenvalue weighted by Crippen LogP contribution is 2.37. The molecule has 6 rings (SSSR count). The highest BCUT2D eigenvalue weighted by atomic mass is 16.6. The van der Waals surface area contributed by atoms with Crippen LogP contribution in [0.15, 0.2) is 78.9 Å². The van der Waals surface area contributed by atoms with Gasteiger partial charge in [-0.3, -0.25) is 14.9 Å². The van der Waals surface area contributed by atoms with Crippen molar-refractivity contribution in [2.75, 3.05) is 55.6 Å². The zero-order chi connectivity index (χ0) is 29.8. The summed E-state index contributed by atoms with van der Waals surface area (Å²) in [5, 5.41) is 17.7. The fraction of sp³-hybridized carbons (Fsp3) is 0.242. The van der Waals surface area contributed by atoms with Gasteiger partial charge in [0.2, 0.25) is 0 Å². The van der Waals surface area contributed by atoms with Crippen LogP contribution < -0.4 is 25.0 Å². The standard InChI is InChI=1S/C33H32N4O6/c1-41-32-21-24(6-13-31(32)37(39)40)23-5-11-27-29(20-23)34-28-12-4-22(19-30(28)35-33(27)38)3-2-16-43-26-9-7-25(8-10-26)36-14-17-42-18-15-36/h4-13,19-21,34H,2-3,14-18H2,1H3,(H,35,38). The van der Waals surface area contributed by atoms with E-state index in [9.17, 15) is 14.9 Å². The monoisotopic (exact) mass is 580 g/mol. The number of rotatable bonds is 9. The summed E-state index contributed by atoms with van der Waals surface area (Å²) < 4.78 is 16.6. The predicted molar refractivity (Wildman–Crippen MR) is 166 cm³/mol. The molecule has 0 aliphatic carbocycles. The van der Waals surface area contributed by atoms with E-state index in [-0.39, 0.29) is 17.3 Å². The molecule has 1 saturated heterocycles. The van der Waals surface area contributed by atoms with Crippen LogP contribution in [0.1, 0.15) is 22.3 Å². The molecule has 4 aromatic rings. The molecule has 220 valence electrons. The summed E-state index contributed by atoms with van der Waals surface area (Å²) in [5.41, 5.74) is 6.34. The Labute approximate surface area is 249 Å². The van der Waals surface area contributed by atoms with Crippen molar-refractivity contribution in [1.29, 1.82) is 0 Å². The summed E-state index contributed by atoms with van der Waals surface area (Å²) in [7, 11) is 1.40. The number of nitrogens with one attached hydrogen (secondary N) is 2. The van der Waals surface area contributed by atoms with Gasteiger partial charge >= 0.3 is 5.69 Å². The first-order valence-electron chi connectivity index (χ1n) is 14.2. The number of morpholine rings is 1. The van der Waals surface area contributed by atoms with E-state index >= 15 is 0 Å². The normalized spacial score (nSPS) is 14.1. The Morgan fingerprint density at radius 2 is 1.65 bits per heavy atom. The number of hydrogen-bond acceptors (Lipinski definition) is 8. The Hall–Kier alpha value is -5.09. The van der Waals surface area contributed by atoms with Gasteiger partial charge in [-0.05, 0) is 90.2 Å². The molecule has 2 aliphatic rings. The molecule has 1 amide bonds. The number of carbonyl (C=O) groups excluding carboxylic acids is 1. The molecule has 0 spiro atoms. The maximum Gasteiger partial charge on any atom is 0.310 e. The lowest BCUT2D eigenvalue weighted by Crippen LogP contribution is -2.36. The first kappa shape index (κ1) is 28.0. The first-order chi connectivity index (χ1) is 21.0. The molecule has 0 aromatic heterocycles. The molecule has 1 fully saturated rings. The maximum atomic E-state index is 13.1. The molecule has 0 saturated carbocycles. The lowest BCUT2D eigenvalue weighted by atomic mass is 10.0. The summed E-state index contributed by atoms with van der Waals surface area (Å²) in [4.78, 5) is 26.2. The third-order valence-electron chi connectivity index (χ3n) is 7.67. The molecule has 0 radical (unpaired) electrons. The Bertz CT molecular complexity index is 1650. The van der Waals surface area contributed by atoms with Gasteiger partial charge in [0, 0.05) is 24.8 Å². The van der Waals surface area contributed by atoms with Gasteiger partial charge in [-0.25, -0.2) is 0 Å². The zero-order valence-electron chi connectivity index (χ0n) is 23.8. The van der Waals surface area contributed by atoms with Gasteiger partial charge in [-0.15, -0.1) is 0 Å². The van der Waals surface area contributed by atoms with E-state index in [1.54, 1.807) is 18.2 Å². The fourth-order valence-electron chi connectivity index (χ4n) is 5.37. The second-order valence-corrected chi connectivity index (χ2v) is 10.4. The molecular weight excluding hydrogens is 548 g/mol. The Morgan fingerprint density at radius 1 is 0.884 bits per heavy atom. The number of benzene rings is 4. The van der Waals surface area contributed by atoms with Gasteiger partial charge in [-0.1, -0.05) is 12.1 Å². The van der Waals surface area contributed by atoms with Gasteiger partial charge in [0.15, 0.2) is 5.75 Å². The topological polar surface area (TPSA) is 115 Å². The lowest BCUT2D eigenvalue weighted by molar-refractivity contribution is -0.385. The number of anilines is 4. The number of hydrogen-bond donors (Lipinski definition) is 2. The molecule has 0 unspecified atom stereocenters. The number of nitro benzene ring substituents is 1. The predicted octanol–water partition coefficient (Wildman–Crippen LogP) is 6.43. The molecule has 43 heavy (non-hydrogen) atoms. The van der Waals surface area contributed by atoms with Gasteiger partial charge in [0.05, 0.1) is 54.5 Å². The molecule has 10 heteroatoms. The molecule has 0 bridgehead atoms. The molecule has 4 aromatic carbocycles. The van der Waals surface area contributed by atoms with Crippen LogP contribution in [0.25, 0.3) is 11.1 Å². The number of carbonyl (C=O) groups is 1. The van der Waals surface area contributed by atoms with E-state index in [2.05, 4.69) is 27.7 Å². The Morgan fingerprint density at radius 3 is 2.42 bits per heavy atom. The molecular formula is C33H32N4O6. The quantitative estimate of drug-likeness (QED) is 0.132. The largest absolute Gasteiger partial charge is 0.494 e. The number of fused-ring (bicyclic) bond motifs is 2. The molecule has 2 N–H and O–H groups in total. The van der Waals surface area contributed by atoms with Crippen LogP contribution in [-0.4, -0.2) is 50.9 Å². The van der Waals surface area contributed by atoms with Gasteiger partial charge in [-0.2, -0.15) is 0 Å². The number of nitrogens with zero attached hydrogens (tertiary/aromatic N) is 2. The van der Waals surface area contributed by atoms with E-state index in [4.69, 9.17) is 14.2 Å². The van der Waals surface area contributed by atoms with Crippen LogP contribution in [0.2, 0.25) is 0 Å². The summed E-state index contributed by atoms with van der Waals surface area (Å²) in [5.74, 6) is 0.808. The maximum absolute atomic E-state index is 13.1. The van der Waals surface area contributed by atoms with Crippen LogP contribution in [-0.2, 0) is 11.2 Å². The van der Waals surface area contributed by atoms with Crippen molar-refractivity contribution in [2.45, 2.75) is 12.8 Å². The number of ether oxygens (including phenoxy) is 3. The van der Waals surface area contributed by atoms with Crippen molar-refractivity contribution in [3.63, 3.8) is 0 Å². The molecule has 2 heterocycles. The summed E-state index contributed by atoms with van der Waals surface area (Å²) in [6, 6.07) is 24.3. The Balaban J connectivity index is 1.09. The van der Waals surface area contributed by atoms with Crippen LogP contribution in [0, 0.1) is 10.1 Å². The Kier molecular flexibility index (Phi) is 8.10. The summed E-state index contributed by atoms with van der Waals surface area (Å²) in [6.07, 6.45) is 1.63. The van der Waals surface area contributed by atoms with Crippen molar-refractivity contribution in [3.05, 3.63) is 100 Å². The third kappa shape index (κ3) is 6.24. The van der Waals surface area contributed by atoms with Crippen LogP contribution in [0.3, 0.4) is 0 Å². The van der Waals surface area contributed by atoms with E-state index in [1.807, 2.05) is 42.5 Å². The highest BCUT2D eigenvalue weighted by molar-refractivity contribution is 6.12. The second kappa shape index (κ2) is 12.4. The van der Waals surface area contributed by atoms with Crippen molar-refractivity contribution in [1.82, 2.24) is 0 Å². The summed E-state index contributed by atoms with van der Waals surface area (Å²) >= 11 is 0. The van der Waals surface area contributed by atoms with E-state index < -0.39 is 4.92 Å². The van der Waals surface area contributed by atoms with Crippen molar-refractivity contribution >= 4 is 34.3 Å². The fourth-order valence-corrected chi connectivity index (χ4v) is 5.37. The number of nitro groups is 1. The summed E-state index contributed by atoms with van der Waals surface area (Å²) in [6.45, 7) is 3.91. The third-order valence-corrected chi connectivity index (χ3v) is 7.67. The zero-order valence-corrected chi connectivity index (χ0v) is 23.8. The second-order valence-electron chi connectivity index (χ2n) is 10.4. The molecule has 10 nitrogen and oxygen atoms in total. The SMILES string of the molecule is COc1cc(-c2ccc3c(c2)Nc2ccc(CCCOc4ccc(N5CCOCC5)cc4)cc2NC3=O)ccc1[N+](=O)[O-]. The minimum Gasteiger partial charge on any atom is -0.494 e. The number of methoxy groups -OCH3 is 1. The van der Waals surface area contributed by atoms with Gasteiger partial charge in [0.1, 0.15) is 5.75 Å². The van der Waals surface area contributed by atoms with Crippen LogP contribution in [0.4, 0.5) is 28.4 Å². The van der Waals surface area contributed by atoms with Crippen molar-refractivity contribution < 1.29 is 23.9 Å². The first-order valence-corrected chi connectivity index (χ1v) is 14.2. The minimum absolute atomic E-state index is 0.104. The molecule has 0 atom stereocenters. The van der Waals surface area contributed by atoms with Crippen molar-refractivity contribution in [2.24, 2.45) is 0 Å². The van der Waals surface area contributed by atoms with E-state index in [0.29, 0.717) is 23.5 Å². The van der Waals surface area contributed by atoms with Gasteiger partial charge in [0.25, 0.3) is 5.91 Å². The van der Waals surface area contributed by atoms with E-state index in [1.165, 1.54) is 18.9 Å². The number of aryl methyl sites for hydroxylation is 1. The molecule has 2 aliphatic heterocycles. The van der Waals surface area contributed by atoms with Crippen molar-refractivity contribution in [3.8, 4) is 22.6 Å². The minimum atomic E-state index is -0.477. The lowest BCUT2D eigenvalue weighted by Gasteiger charge is -2.28. The van der Waals surface area contributed by atoms with Gasteiger partial charge < -0.3 is 29.7 Å². The number of amides is 1. The average Bonchev–Trinajstić information content (AvgIpc) is 3.18. The van der Waals surface area contributed by atoms with Crippen LogP contribution >= 0.6 is 0 Å². The van der Waals surface area contributed by atoms with E-state index in [0.717, 1.165) is 67.3 Å². The average molecular weight is 581 g/mol. The smallest absolute Gasteiger partial charge is 0.310 e.